The van der Waals surface area contributed by atoms with Gasteiger partial charge in [-0.2, -0.15) is 0 Å². The summed E-state index contributed by atoms with van der Waals surface area (Å²) in [5, 5.41) is 2.88. The third kappa shape index (κ3) is 6.50. The minimum atomic E-state index is -3.28. The molecule has 2 N–H and O–H groups in total. The van der Waals surface area contributed by atoms with Gasteiger partial charge in [0, 0.05) is 13.0 Å². The summed E-state index contributed by atoms with van der Waals surface area (Å²) < 4.78 is 30.4. The van der Waals surface area contributed by atoms with Crippen LogP contribution in [0.4, 0.5) is 0 Å². The van der Waals surface area contributed by atoms with Crippen molar-refractivity contribution in [3.63, 3.8) is 0 Å². The minimum absolute atomic E-state index is 0.0253. The molecule has 0 saturated heterocycles. The number of sulfonamides is 1. The molecule has 0 aliphatic carbocycles. The zero-order valence-electron chi connectivity index (χ0n) is 15.0. The maximum Gasteiger partial charge on any atom is 0.220 e. The van der Waals surface area contributed by atoms with Crippen LogP contribution >= 0.6 is 0 Å². The fourth-order valence-corrected chi connectivity index (χ4v) is 3.16. The van der Waals surface area contributed by atoms with Crippen LogP contribution in [0.2, 0.25) is 0 Å². The van der Waals surface area contributed by atoms with E-state index in [1.807, 2.05) is 36.4 Å². The van der Waals surface area contributed by atoms with E-state index in [4.69, 9.17) is 4.74 Å². The maximum absolute atomic E-state index is 12.0. The van der Waals surface area contributed by atoms with Gasteiger partial charge in [0.15, 0.2) is 0 Å². The first-order valence-corrected chi connectivity index (χ1v) is 9.96. The van der Waals surface area contributed by atoms with Crippen molar-refractivity contribution in [3.05, 3.63) is 65.2 Å². The van der Waals surface area contributed by atoms with Gasteiger partial charge in [-0.1, -0.05) is 36.4 Å². The van der Waals surface area contributed by atoms with Crippen LogP contribution < -0.4 is 14.8 Å². The molecule has 6 nitrogen and oxygen atoms in total. The normalized spacial score (nSPS) is 11.2. The predicted molar refractivity (Wildman–Crippen MR) is 101 cm³/mol. The molecule has 2 rings (SSSR count). The predicted octanol–water partition coefficient (Wildman–Crippen LogP) is 1.99. The number of benzene rings is 2. The van der Waals surface area contributed by atoms with Gasteiger partial charge in [0.1, 0.15) is 5.75 Å². The van der Waals surface area contributed by atoms with Gasteiger partial charge in [0.25, 0.3) is 0 Å². The largest absolute Gasteiger partial charge is 0.497 e. The van der Waals surface area contributed by atoms with Crippen molar-refractivity contribution < 1.29 is 17.9 Å². The lowest BCUT2D eigenvalue weighted by atomic mass is 10.1. The molecule has 26 heavy (non-hydrogen) atoms. The average molecular weight is 376 g/mol. The van der Waals surface area contributed by atoms with Gasteiger partial charge in [-0.05, 0) is 42.3 Å². The second-order valence-corrected chi connectivity index (χ2v) is 7.83. The molecule has 0 saturated carbocycles. The van der Waals surface area contributed by atoms with E-state index in [2.05, 4.69) is 10.0 Å². The Morgan fingerprint density at radius 1 is 0.962 bits per heavy atom. The van der Waals surface area contributed by atoms with E-state index in [1.165, 1.54) is 7.05 Å². The standard InChI is InChI=1S/C19H24N2O4S/c1-20-26(23,24)14-17-5-3-16(4-6-17)13-21-19(22)12-9-15-7-10-18(25-2)11-8-15/h3-8,10-11,20H,9,12-14H2,1-2H3,(H,21,22). The molecule has 140 valence electrons. The Labute approximate surface area is 154 Å². The molecule has 0 aliphatic rings. The number of amides is 1. The third-order valence-electron chi connectivity index (χ3n) is 3.98. The highest BCUT2D eigenvalue weighted by Gasteiger charge is 2.08. The third-order valence-corrected chi connectivity index (χ3v) is 5.32. The molecule has 0 spiro atoms. The lowest BCUT2D eigenvalue weighted by Crippen LogP contribution is -2.23. The number of hydrogen-bond acceptors (Lipinski definition) is 4. The number of methoxy groups -OCH3 is 1. The van der Waals surface area contributed by atoms with E-state index in [0.29, 0.717) is 24.9 Å². The summed E-state index contributed by atoms with van der Waals surface area (Å²) in [5.41, 5.74) is 2.71. The summed E-state index contributed by atoms with van der Waals surface area (Å²) in [6, 6.07) is 14.8. The fraction of sp³-hybridized carbons (Fsp3) is 0.316. The highest BCUT2D eigenvalue weighted by Crippen LogP contribution is 2.12. The number of carbonyl (C=O) groups excluding carboxylic acids is 1. The van der Waals surface area contributed by atoms with Gasteiger partial charge < -0.3 is 10.1 Å². The zero-order valence-corrected chi connectivity index (χ0v) is 15.8. The number of nitrogens with one attached hydrogen (secondary N) is 2. The van der Waals surface area contributed by atoms with Crippen LogP contribution in [-0.2, 0) is 33.5 Å². The summed E-state index contributed by atoms with van der Waals surface area (Å²) in [4.78, 5) is 12.0. The molecule has 7 heteroatoms. The summed E-state index contributed by atoms with van der Waals surface area (Å²) >= 11 is 0. The average Bonchev–Trinajstić information content (AvgIpc) is 2.66. The van der Waals surface area contributed by atoms with Crippen molar-refractivity contribution in [1.29, 1.82) is 0 Å². The lowest BCUT2D eigenvalue weighted by molar-refractivity contribution is -0.121. The first-order valence-electron chi connectivity index (χ1n) is 8.30. The molecule has 0 atom stereocenters. The van der Waals surface area contributed by atoms with E-state index < -0.39 is 10.0 Å². The number of hydrogen-bond donors (Lipinski definition) is 2. The molecular formula is C19H24N2O4S. The van der Waals surface area contributed by atoms with Crippen LogP contribution in [0.15, 0.2) is 48.5 Å². The Balaban J connectivity index is 1.77. The van der Waals surface area contributed by atoms with Gasteiger partial charge in [-0.3, -0.25) is 4.79 Å². The summed E-state index contributed by atoms with van der Waals surface area (Å²) in [7, 11) is -0.263. The van der Waals surface area contributed by atoms with E-state index >= 15 is 0 Å². The van der Waals surface area contributed by atoms with Crippen LogP contribution in [0.1, 0.15) is 23.1 Å². The number of aryl methyl sites for hydroxylation is 1. The smallest absolute Gasteiger partial charge is 0.220 e. The molecule has 2 aromatic carbocycles. The van der Waals surface area contributed by atoms with Crippen LogP contribution in [0.3, 0.4) is 0 Å². The SMILES string of the molecule is CNS(=O)(=O)Cc1ccc(CNC(=O)CCc2ccc(OC)cc2)cc1. The van der Waals surface area contributed by atoms with Crippen LogP contribution in [-0.4, -0.2) is 28.5 Å². The molecule has 0 aromatic heterocycles. The van der Waals surface area contributed by atoms with Crippen molar-refractivity contribution in [1.82, 2.24) is 10.0 Å². The van der Waals surface area contributed by atoms with E-state index in [-0.39, 0.29) is 11.7 Å². The molecule has 0 radical (unpaired) electrons. The Kier molecular flexibility index (Phi) is 7.17. The second-order valence-electron chi connectivity index (χ2n) is 5.90. The number of carbonyl (C=O) groups is 1. The van der Waals surface area contributed by atoms with Gasteiger partial charge in [-0.15, -0.1) is 0 Å². The second kappa shape index (κ2) is 9.35. The molecular weight excluding hydrogens is 352 g/mol. The van der Waals surface area contributed by atoms with E-state index in [0.717, 1.165) is 16.9 Å². The van der Waals surface area contributed by atoms with Crippen molar-refractivity contribution in [2.24, 2.45) is 0 Å². The minimum Gasteiger partial charge on any atom is -0.497 e. The molecule has 1 amide bonds. The van der Waals surface area contributed by atoms with Gasteiger partial charge in [0.2, 0.25) is 15.9 Å². The van der Waals surface area contributed by atoms with Crippen LogP contribution in [0.5, 0.6) is 5.75 Å². The van der Waals surface area contributed by atoms with Crippen molar-refractivity contribution in [2.45, 2.75) is 25.1 Å². The van der Waals surface area contributed by atoms with E-state index in [1.54, 1.807) is 19.2 Å². The summed E-state index contributed by atoms with van der Waals surface area (Å²) in [6.45, 7) is 0.417. The van der Waals surface area contributed by atoms with Crippen molar-refractivity contribution in [3.8, 4) is 5.75 Å². The maximum atomic E-state index is 12.0. The van der Waals surface area contributed by atoms with Crippen LogP contribution in [0, 0.1) is 0 Å². The Hall–Kier alpha value is -2.38. The molecule has 0 bridgehead atoms. The van der Waals surface area contributed by atoms with Gasteiger partial charge in [-0.25, -0.2) is 13.1 Å². The first kappa shape index (κ1) is 19.9. The van der Waals surface area contributed by atoms with Crippen molar-refractivity contribution >= 4 is 15.9 Å². The zero-order chi connectivity index (χ0) is 19.0. The molecule has 2 aromatic rings. The quantitative estimate of drug-likeness (QED) is 0.701. The molecule has 0 unspecified atom stereocenters. The topological polar surface area (TPSA) is 84.5 Å². The highest BCUT2D eigenvalue weighted by atomic mass is 32.2. The summed E-state index contributed by atoms with van der Waals surface area (Å²) in [5.74, 6) is 0.713. The van der Waals surface area contributed by atoms with Gasteiger partial charge in [0.05, 0.1) is 12.9 Å². The molecule has 0 fully saturated rings. The monoisotopic (exact) mass is 376 g/mol. The lowest BCUT2D eigenvalue weighted by Gasteiger charge is -2.07. The van der Waals surface area contributed by atoms with Gasteiger partial charge >= 0.3 is 0 Å². The Bertz CT molecular complexity index is 816. The Morgan fingerprint density at radius 3 is 2.12 bits per heavy atom. The molecule has 0 aliphatic heterocycles. The highest BCUT2D eigenvalue weighted by molar-refractivity contribution is 7.88. The van der Waals surface area contributed by atoms with E-state index in [9.17, 15) is 13.2 Å². The molecule has 0 heterocycles. The Morgan fingerprint density at radius 2 is 1.54 bits per heavy atom. The van der Waals surface area contributed by atoms with Crippen molar-refractivity contribution in [2.75, 3.05) is 14.2 Å². The number of rotatable bonds is 9. The fourth-order valence-electron chi connectivity index (χ4n) is 2.38. The number of ether oxygens (including phenoxy) is 1. The first-order chi connectivity index (χ1) is 12.4. The van der Waals surface area contributed by atoms with Crippen LogP contribution in [0.25, 0.3) is 0 Å². The summed E-state index contributed by atoms with van der Waals surface area (Å²) in [6.07, 6.45) is 1.07.